The average Bonchev–Trinajstić information content (AvgIpc) is 2.67. The van der Waals surface area contributed by atoms with Gasteiger partial charge in [-0.25, -0.2) is 0 Å². The Morgan fingerprint density at radius 2 is 1.73 bits per heavy atom. The van der Waals surface area contributed by atoms with E-state index in [4.69, 9.17) is 18.9 Å². The number of hydrogen-bond donors (Lipinski definition) is 1. The summed E-state index contributed by atoms with van der Waals surface area (Å²) in [6.07, 6.45) is 3.14. The Labute approximate surface area is 153 Å². The van der Waals surface area contributed by atoms with E-state index in [9.17, 15) is 4.79 Å². The van der Waals surface area contributed by atoms with Crippen LogP contribution in [0.4, 0.5) is 5.69 Å². The second-order valence-corrected chi connectivity index (χ2v) is 5.23. The largest absolute Gasteiger partial charge is 0.497 e. The molecule has 0 aliphatic carbocycles. The highest BCUT2D eigenvalue weighted by Gasteiger charge is 2.08. The van der Waals surface area contributed by atoms with E-state index < -0.39 is 0 Å². The Hall–Kier alpha value is -3.15. The zero-order chi connectivity index (χ0) is 18.9. The first kappa shape index (κ1) is 19.2. The van der Waals surface area contributed by atoms with Crippen LogP contribution < -0.4 is 24.3 Å². The lowest BCUT2D eigenvalue weighted by molar-refractivity contribution is -0.111. The van der Waals surface area contributed by atoms with Crippen molar-refractivity contribution in [1.29, 1.82) is 0 Å². The van der Waals surface area contributed by atoms with Crippen LogP contribution in [0.5, 0.6) is 23.0 Å². The van der Waals surface area contributed by atoms with Gasteiger partial charge in [0.15, 0.2) is 11.5 Å². The molecule has 0 heterocycles. The molecule has 0 spiro atoms. The van der Waals surface area contributed by atoms with Crippen molar-refractivity contribution in [2.45, 2.75) is 6.92 Å². The third-order valence-electron chi connectivity index (χ3n) is 3.58. The van der Waals surface area contributed by atoms with E-state index in [1.165, 1.54) is 13.2 Å². The lowest BCUT2D eigenvalue weighted by Crippen LogP contribution is -2.09. The number of rotatable bonds is 8. The van der Waals surface area contributed by atoms with Crippen LogP contribution >= 0.6 is 0 Å². The van der Waals surface area contributed by atoms with E-state index in [0.717, 1.165) is 5.56 Å². The summed E-state index contributed by atoms with van der Waals surface area (Å²) in [5.41, 5.74) is 1.38. The summed E-state index contributed by atoms with van der Waals surface area (Å²) in [6, 6.07) is 10.7. The van der Waals surface area contributed by atoms with E-state index in [1.54, 1.807) is 38.5 Å². The molecule has 0 aromatic heterocycles. The highest BCUT2D eigenvalue weighted by Crippen LogP contribution is 2.30. The average molecular weight is 357 g/mol. The highest BCUT2D eigenvalue weighted by atomic mass is 16.5. The van der Waals surface area contributed by atoms with Crippen LogP contribution in [-0.4, -0.2) is 33.8 Å². The molecule has 2 aromatic carbocycles. The molecule has 0 bridgehead atoms. The molecule has 2 rings (SSSR count). The molecular weight excluding hydrogens is 334 g/mol. The first-order chi connectivity index (χ1) is 12.6. The molecule has 0 fully saturated rings. The molecular formula is C20H23NO5. The molecule has 6 nitrogen and oxygen atoms in total. The Bertz CT molecular complexity index is 786. The monoisotopic (exact) mass is 357 g/mol. The summed E-state index contributed by atoms with van der Waals surface area (Å²) in [5.74, 6) is 2.18. The quantitative estimate of drug-likeness (QED) is 0.729. The van der Waals surface area contributed by atoms with Crippen LogP contribution in [-0.2, 0) is 4.79 Å². The summed E-state index contributed by atoms with van der Waals surface area (Å²) >= 11 is 0. The van der Waals surface area contributed by atoms with Gasteiger partial charge in [-0.2, -0.15) is 0 Å². The third kappa shape index (κ3) is 4.92. The van der Waals surface area contributed by atoms with Gasteiger partial charge >= 0.3 is 0 Å². The van der Waals surface area contributed by atoms with E-state index in [-0.39, 0.29) is 5.91 Å². The smallest absolute Gasteiger partial charge is 0.248 e. The number of methoxy groups -OCH3 is 3. The lowest BCUT2D eigenvalue weighted by Gasteiger charge is -2.10. The van der Waals surface area contributed by atoms with Crippen molar-refractivity contribution in [1.82, 2.24) is 0 Å². The molecule has 0 atom stereocenters. The minimum Gasteiger partial charge on any atom is -0.497 e. The Morgan fingerprint density at radius 3 is 2.38 bits per heavy atom. The second-order valence-electron chi connectivity index (χ2n) is 5.23. The summed E-state index contributed by atoms with van der Waals surface area (Å²) in [7, 11) is 4.68. The Balaban J connectivity index is 2.10. The number of hydrogen-bond acceptors (Lipinski definition) is 5. The Kier molecular flexibility index (Phi) is 6.91. The first-order valence-electron chi connectivity index (χ1n) is 8.13. The fourth-order valence-corrected chi connectivity index (χ4v) is 2.31. The summed E-state index contributed by atoms with van der Waals surface area (Å²) in [4.78, 5) is 12.2. The van der Waals surface area contributed by atoms with Gasteiger partial charge in [0.05, 0.1) is 33.6 Å². The van der Waals surface area contributed by atoms with Crippen LogP contribution in [0.3, 0.4) is 0 Å². The predicted molar refractivity (Wildman–Crippen MR) is 101 cm³/mol. The van der Waals surface area contributed by atoms with Crippen LogP contribution in [0.15, 0.2) is 42.5 Å². The highest BCUT2D eigenvalue weighted by molar-refractivity contribution is 6.02. The molecule has 0 aliphatic heterocycles. The number of anilines is 1. The number of carbonyl (C=O) groups is 1. The van der Waals surface area contributed by atoms with Crippen molar-refractivity contribution < 1.29 is 23.7 Å². The zero-order valence-corrected chi connectivity index (χ0v) is 15.4. The van der Waals surface area contributed by atoms with Gasteiger partial charge in [0.2, 0.25) is 5.91 Å². The molecule has 2 aromatic rings. The van der Waals surface area contributed by atoms with Crippen molar-refractivity contribution in [3.8, 4) is 23.0 Å². The van der Waals surface area contributed by atoms with Crippen LogP contribution in [0, 0.1) is 0 Å². The topological polar surface area (TPSA) is 66.0 Å². The zero-order valence-electron chi connectivity index (χ0n) is 15.4. The summed E-state index contributed by atoms with van der Waals surface area (Å²) < 4.78 is 21.2. The van der Waals surface area contributed by atoms with Gasteiger partial charge in [0.1, 0.15) is 11.5 Å². The minimum atomic E-state index is -0.277. The number of nitrogens with one attached hydrogen (secondary N) is 1. The standard InChI is InChI=1S/C20H23NO5/c1-5-26-17-10-6-14(12-19(17)25-4)7-11-20(22)21-16-9-8-15(23-2)13-18(16)24-3/h6-13H,5H2,1-4H3,(H,21,22). The van der Waals surface area contributed by atoms with Gasteiger partial charge in [0.25, 0.3) is 0 Å². The predicted octanol–water partition coefficient (Wildman–Crippen LogP) is 3.76. The molecule has 0 aliphatic rings. The maximum Gasteiger partial charge on any atom is 0.248 e. The molecule has 0 saturated carbocycles. The number of ether oxygens (including phenoxy) is 4. The van der Waals surface area contributed by atoms with Crippen molar-refractivity contribution >= 4 is 17.7 Å². The van der Waals surface area contributed by atoms with Crippen molar-refractivity contribution in [2.24, 2.45) is 0 Å². The van der Waals surface area contributed by atoms with Crippen LogP contribution in [0.1, 0.15) is 12.5 Å². The van der Waals surface area contributed by atoms with E-state index in [2.05, 4.69) is 5.32 Å². The normalized spacial score (nSPS) is 10.5. The molecule has 0 radical (unpaired) electrons. The van der Waals surface area contributed by atoms with Gasteiger partial charge in [0, 0.05) is 12.1 Å². The third-order valence-corrected chi connectivity index (χ3v) is 3.58. The molecule has 1 N–H and O–H groups in total. The van der Waals surface area contributed by atoms with Gasteiger partial charge in [-0.3, -0.25) is 4.79 Å². The molecule has 0 unspecified atom stereocenters. The molecule has 1 amide bonds. The SMILES string of the molecule is CCOc1ccc(C=CC(=O)Nc2ccc(OC)cc2OC)cc1OC. The van der Waals surface area contributed by atoms with Gasteiger partial charge in [-0.1, -0.05) is 6.07 Å². The van der Waals surface area contributed by atoms with E-state index in [0.29, 0.717) is 35.3 Å². The van der Waals surface area contributed by atoms with Gasteiger partial charge < -0.3 is 24.3 Å². The molecule has 0 saturated heterocycles. The fourth-order valence-electron chi connectivity index (χ4n) is 2.31. The molecule has 138 valence electrons. The second kappa shape index (κ2) is 9.36. The van der Waals surface area contributed by atoms with Crippen molar-refractivity contribution in [3.63, 3.8) is 0 Å². The van der Waals surface area contributed by atoms with Crippen LogP contribution in [0.2, 0.25) is 0 Å². The van der Waals surface area contributed by atoms with Crippen molar-refractivity contribution in [2.75, 3.05) is 33.3 Å². The Morgan fingerprint density at radius 1 is 0.962 bits per heavy atom. The van der Waals surface area contributed by atoms with Crippen molar-refractivity contribution in [3.05, 3.63) is 48.0 Å². The lowest BCUT2D eigenvalue weighted by atomic mass is 10.2. The molecule has 6 heteroatoms. The number of benzene rings is 2. The van der Waals surface area contributed by atoms with Crippen LogP contribution in [0.25, 0.3) is 6.08 Å². The maximum atomic E-state index is 12.2. The van der Waals surface area contributed by atoms with Gasteiger partial charge in [-0.05, 0) is 42.8 Å². The number of carbonyl (C=O) groups excluding carboxylic acids is 1. The van der Waals surface area contributed by atoms with Gasteiger partial charge in [-0.15, -0.1) is 0 Å². The summed E-state index contributed by atoms with van der Waals surface area (Å²) in [5, 5.41) is 2.78. The fraction of sp³-hybridized carbons (Fsp3) is 0.250. The minimum absolute atomic E-state index is 0.277. The molecule has 26 heavy (non-hydrogen) atoms. The van der Waals surface area contributed by atoms with E-state index in [1.807, 2.05) is 25.1 Å². The first-order valence-corrected chi connectivity index (χ1v) is 8.13. The maximum absolute atomic E-state index is 12.2. The number of amides is 1. The van der Waals surface area contributed by atoms with E-state index >= 15 is 0 Å². The summed E-state index contributed by atoms with van der Waals surface area (Å²) in [6.45, 7) is 2.46.